The zero-order valence-corrected chi connectivity index (χ0v) is 18.2. The summed E-state index contributed by atoms with van der Waals surface area (Å²) in [5, 5.41) is 21.8. The Bertz CT molecular complexity index is 1370. The van der Waals surface area contributed by atoms with Crippen LogP contribution in [0.2, 0.25) is 0 Å². The molecule has 164 valence electrons. The van der Waals surface area contributed by atoms with E-state index >= 15 is 0 Å². The molecule has 1 amide bonds. The number of benzene rings is 2. The van der Waals surface area contributed by atoms with Crippen LogP contribution in [-0.4, -0.2) is 42.9 Å². The van der Waals surface area contributed by atoms with E-state index in [2.05, 4.69) is 49.1 Å². The molecule has 2 aromatic carbocycles. The molecule has 0 spiro atoms. The highest BCUT2D eigenvalue weighted by Gasteiger charge is 2.48. The van der Waals surface area contributed by atoms with Crippen LogP contribution in [-0.2, 0) is 17.8 Å². The molecule has 2 aliphatic rings. The van der Waals surface area contributed by atoms with Gasteiger partial charge in [-0.1, -0.05) is 18.2 Å². The Morgan fingerprint density at radius 3 is 2.94 bits per heavy atom. The molecule has 3 unspecified atom stereocenters. The minimum atomic E-state index is 0.176. The van der Waals surface area contributed by atoms with Gasteiger partial charge in [-0.25, -0.2) is 0 Å². The van der Waals surface area contributed by atoms with Crippen LogP contribution < -0.4 is 0 Å². The van der Waals surface area contributed by atoms with Crippen LogP contribution >= 0.6 is 0 Å². The first-order valence-electron chi connectivity index (χ1n) is 11.4. The minimum Gasteiger partial charge on any atom is -0.336 e. The highest BCUT2D eigenvalue weighted by Crippen LogP contribution is 2.43. The normalized spacial score (nSPS) is 21.5. The molecule has 1 N–H and O–H groups in total. The van der Waals surface area contributed by atoms with E-state index in [-0.39, 0.29) is 11.9 Å². The average molecular weight is 437 g/mol. The fraction of sp³-hybridized carbons (Fsp3) is 0.308. The maximum Gasteiger partial charge on any atom is 0.227 e. The van der Waals surface area contributed by atoms with Crippen LogP contribution in [0, 0.1) is 17.2 Å². The number of rotatable bonds is 5. The second-order valence-electron chi connectivity index (χ2n) is 9.17. The van der Waals surface area contributed by atoms with Gasteiger partial charge in [0.25, 0.3) is 0 Å². The van der Waals surface area contributed by atoms with E-state index in [1.54, 1.807) is 6.07 Å². The van der Waals surface area contributed by atoms with Crippen molar-refractivity contribution in [1.29, 1.82) is 5.26 Å². The molecule has 2 saturated heterocycles. The third kappa shape index (κ3) is 3.48. The molecule has 4 aromatic rings. The van der Waals surface area contributed by atoms with Gasteiger partial charge in [-0.3, -0.25) is 14.6 Å². The van der Waals surface area contributed by atoms with Gasteiger partial charge in [0.2, 0.25) is 5.91 Å². The van der Waals surface area contributed by atoms with Gasteiger partial charge in [-0.05, 0) is 54.7 Å². The van der Waals surface area contributed by atoms with Crippen molar-refractivity contribution in [2.45, 2.75) is 44.3 Å². The largest absolute Gasteiger partial charge is 0.336 e. The quantitative estimate of drug-likeness (QED) is 0.513. The molecule has 2 fully saturated rings. The number of amides is 1. The molecule has 7 heteroatoms. The van der Waals surface area contributed by atoms with Crippen LogP contribution in [0.1, 0.15) is 30.4 Å². The number of H-pyrrole nitrogens is 1. The Morgan fingerprint density at radius 2 is 2.09 bits per heavy atom. The summed E-state index contributed by atoms with van der Waals surface area (Å²) in [6.07, 6.45) is 9.17. The number of hydrogen-bond donors (Lipinski definition) is 1. The Morgan fingerprint density at radius 1 is 1.15 bits per heavy atom. The summed E-state index contributed by atoms with van der Waals surface area (Å²) >= 11 is 0. The molecule has 0 saturated carbocycles. The van der Waals surface area contributed by atoms with Crippen molar-refractivity contribution >= 4 is 16.8 Å². The number of carbonyl (C=O) groups is 1. The summed E-state index contributed by atoms with van der Waals surface area (Å²) in [5.41, 5.74) is 4.81. The van der Waals surface area contributed by atoms with Crippen molar-refractivity contribution in [2.24, 2.45) is 5.92 Å². The summed E-state index contributed by atoms with van der Waals surface area (Å²) in [5.74, 6) is 0.588. The van der Waals surface area contributed by atoms with Gasteiger partial charge in [-0.2, -0.15) is 15.5 Å². The third-order valence-electron chi connectivity index (χ3n) is 7.25. The summed E-state index contributed by atoms with van der Waals surface area (Å²) in [4.78, 5) is 15.3. The maximum atomic E-state index is 13.2. The lowest BCUT2D eigenvalue weighted by atomic mass is 9.89. The Hall–Kier alpha value is -3.92. The molecular weight excluding hydrogens is 412 g/mol. The standard InChI is InChI=1S/C26H24N6O/c27-12-18-3-1-2-17(8-18)9-26(33)32-23-5-7-25(32)21(11-23)16-31-24-6-4-19(10-20(24)15-30-31)22-13-28-29-14-22/h1-4,6,8,10,13-15,21,23,25H,5,7,9,11,16H2,(H,28,29). The molecule has 0 radical (unpaired) electrons. The number of hydrogen-bond acceptors (Lipinski definition) is 4. The molecule has 2 bridgehead atoms. The molecule has 7 nitrogen and oxygen atoms in total. The lowest BCUT2D eigenvalue weighted by molar-refractivity contribution is -0.131. The zero-order valence-electron chi connectivity index (χ0n) is 18.2. The van der Waals surface area contributed by atoms with E-state index in [0.717, 1.165) is 53.4 Å². The number of nitrogens with zero attached hydrogens (tertiary/aromatic N) is 5. The van der Waals surface area contributed by atoms with Crippen LogP contribution in [0.3, 0.4) is 0 Å². The second kappa shape index (κ2) is 7.89. The van der Waals surface area contributed by atoms with Crippen molar-refractivity contribution in [2.75, 3.05) is 0 Å². The smallest absolute Gasteiger partial charge is 0.227 e. The maximum absolute atomic E-state index is 13.2. The fourth-order valence-corrected chi connectivity index (χ4v) is 5.76. The lowest BCUT2D eigenvalue weighted by Crippen LogP contribution is -2.38. The van der Waals surface area contributed by atoms with Crippen molar-refractivity contribution in [3.05, 3.63) is 72.2 Å². The van der Waals surface area contributed by atoms with E-state index < -0.39 is 0 Å². The van der Waals surface area contributed by atoms with Gasteiger partial charge in [0.15, 0.2) is 0 Å². The van der Waals surface area contributed by atoms with Crippen molar-refractivity contribution in [1.82, 2.24) is 24.9 Å². The molecular formula is C26H24N6O. The van der Waals surface area contributed by atoms with Crippen molar-refractivity contribution < 1.29 is 4.79 Å². The van der Waals surface area contributed by atoms with E-state index in [4.69, 9.17) is 5.26 Å². The van der Waals surface area contributed by atoms with Crippen LogP contribution in [0.25, 0.3) is 22.0 Å². The van der Waals surface area contributed by atoms with Crippen molar-refractivity contribution in [3.8, 4) is 17.2 Å². The highest BCUT2D eigenvalue weighted by molar-refractivity contribution is 5.84. The number of fused-ring (bicyclic) bond motifs is 3. The van der Waals surface area contributed by atoms with E-state index in [0.29, 0.717) is 23.9 Å². The molecule has 3 atom stereocenters. The number of aromatic amines is 1. The summed E-state index contributed by atoms with van der Waals surface area (Å²) in [6.45, 7) is 0.823. The third-order valence-corrected chi connectivity index (χ3v) is 7.25. The van der Waals surface area contributed by atoms with Crippen LogP contribution in [0.5, 0.6) is 0 Å². The predicted octanol–water partition coefficient (Wildman–Crippen LogP) is 3.92. The Labute approximate surface area is 191 Å². The number of nitriles is 1. The SMILES string of the molecule is N#Cc1cccc(CC(=O)N2C3CCC2C(Cn2ncc4cc(-c5cn[nH]c5)ccc42)C3)c1. The zero-order chi connectivity index (χ0) is 22.4. The Balaban J connectivity index is 1.19. The van der Waals surface area contributed by atoms with E-state index in [1.807, 2.05) is 36.8 Å². The number of aromatic nitrogens is 4. The number of carbonyl (C=O) groups excluding carboxylic acids is 1. The lowest BCUT2D eigenvalue weighted by Gasteiger charge is -2.25. The first kappa shape index (κ1) is 19.7. The van der Waals surface area contributed by atoms with Crippen LogP contribution in [0.4, 0.5) is 0 Å². The Kier molecular flexibility index (Phi) is 4.72. The van der Waals surface area contributed by atoms with Crippen molar-refractivity contribution in [3.63, 3.8) is 0 Å². The van der Waals surface area contributed by atoms with Gasteiger partial charge < -0.3 is 4.90 Å². The van der Waals surface area contributed by atoms with Gasteiger partial charge >= 0.3 is 0 Å². The van der Waals surface area contributed by atoms with Gasteiger partial charge in [0.05, 0.1) is 36.0 Å². The second-order valence-corrected chi connectivity index (χ2v) is 9.17. The van der Waals surface area contributed by atoms with E-state index in [9.17, 15) is 4.79 Å². The summed E-state index contributed by atoms with van der Waals surface area (Å²) in [7, 11) is 0. The highest BCUT2D eigenvalue weighted by atomic mass is 16.2. The van der Waals surface area contributed by atoms with E-state index in [1.165, 1.54) is 0 Å². The van der Waals surface area contributed by atoms with Gasteiger partial charge in [0, 0.05) is 41.7 Å². The predicted molar refractivity (Wildman–Crippen MR) is 124 cm³/mol. The monoisotopic (exact) mass is 436 g/mol. The van der Waals surface area contributed by atoms with Crippen LogP contribution in [0.15, 0.2) is 61.1 Å². The first-order chi connectivity index (χ1) is 16.2. The topological polar surface area (TPSA) is 90.6 Å². The molecule has 2 aliphatic heterocycles. The summed E-state index contributed by atoms with van der Waals surface area (Å²) in [6, 6.07) is 16.5. The molecule has 4 heterocycles. The minimum absolute atomic E-state index is 0.176. The van der Waals surface area contributed by atoms with Gasteiger partial charge in [0.1, 0.15) is 0 Å². The van der Waals surface area contributed by atoms with Gasteiger partial charge in [-0.15, -0.1) is 0 Å². The number of nitrogens with one attached hydrogen (secondary N) is 1. The molecule has 33 heavy (non-hydrogen) atoms. The first-order valence-corrected chi connectivity index (χ1v) is 11.4. The summed E-state index contributed by atoms with van der Waals surface area (Å²) < 4.78 is 2.10. The molecule has 6 rings (SSSR count). The molecule has 0 aliphatic carbocycles. The average Bonchev–Trinajstić information content (AvgIpc) is 3.63. The molecule has 2 aromatic heterocycles. The fourth-order valence-electron chi connectivity index (χ4n) is 5.76.